The molecular formula is C9H5Br2NO. The fraction of sp³-hybridized carbons (Fsp3) is 0. The molecule has 13 heavy (non-hydrogen) atoms. The van der Waals surface area contributed by atoms with Crippen molar-refractivity contribution in [3.8, 4) is 11.3 Å². The van der Waals surface area contributed by atoms with Crippen molar-refractivity contribution in [3.63, 3.8) is 0 Å². The molecule has 0 aliphatic rings. The van der Waals surface area contributed by atoms with Gasteiger partial charge in [0.05, 0.1) is 6.20 Å². The molecule has 0 amide bonds. The van der Waals surface area contributed by atoms with Crippen molar-refractivity contribution in [3.05, 3.63) is 39.7 Å². The van der Waals surface area contributed by atoms with Crippen molar-refractivity contribution in [1.29, 1.82) is 0 Å². The highest BCUT2D eigenvalue weighted by Crippen LogP contribution is 2.23. The molecule has 1 aromatic heterocycles. The van der Waals surface area contributed by atoms with E-state index in [0.29, 0.717) is 4.80 Å². The molecule has 2 rings (SSSR count). The third kappa shape index (κ3) is 2.00. The van der Waals surface area contributed by atoms with Gasteiger partial charge < -0.3 is 4.42 Å². The van der Waals surface area contributed by atoms with Crippen LogP contribution in [0.1, 0.15) is 0 Å². The zero-order valence-electron chi connectivity index (χ0n) is 6.50. The maximum Gasteiger partial charge on any atom is 0.264 e. The molecular weight excluding hydrogens is 298 g/mol. The highest BCUT2D eigenvalue weighted by atomic mass is 79.9. The van der Waals surface area contributed by atoms with Crippen LogP contribution in [0, 0.1) is 0 Å². The highest BCUT2D eigenvalue weighted by molar-refractivity contribution is 9.10. The van der Waals surface area contributed by atoms with Crippen molar-refractivity contribution in [2.24, 2.45) is 0 Å². The zero-order valence-corrected chi connectivity index (χ0v) is 9.67. The molecule has 0 bridgehead atoms. The molecule has 4 heteroatoms. The number of aromatic nitrogens is 1. The fourth-order valence-corrected chi connectivity index (χ4v) is 1.54. The molecule has 66 valence electrons. The number of benzene rings is 1. The van der Waals surface area contributed by atoms with Crippen LogP contribution in [0.15, 0.2) is 44.2 Å². The van der Waals surface area contributed by atoms with Gasteiger partial charge in [0.2, 0.25) is 0 Å². The molecule has 0 unspecified atom stereocenters. The summed E-state index contributed by atoms with van der Waals surface area (Å²) in [6.45, 7) is 0. The molecule has 0 saturated heterocycles. The smallest absolute Gasteiger partial charge is 0.264 e. The molecule has 0 N–H and O–H groups in total. The van der Waals surface area contributed by atoms with Gasteiger partial charge in [0, 0.05) is 26.0 Å². The van der Waals surface area contributed by atoms with Crippen LogP contribution in [0.4, 0.5) is 0 Å². The van der Waals surface area contributed by atoms with Gasteiger partial charge in [0.15, 0.2) is 5.76 Å². The summed E-state index contributed by atoms with van der Waals surface area (Å²) in [4.78, 5) is 4.46. The quantitative estimate of drug-likeness (QED) is 0.799. The van der Waals surface area contributed by atoms with Crippen molar-refractivity contribution < 1.29 is 4.42 Å². The molecule has 0 spiro atoms. The van der Waals surface area contributed by atoms with Crippen LogP contribution in [-0.2, 0) is 0 Å². The van der Waals surface area contributed by atoms with E-state index in [1.807, 2.05) is 24.3 Å². The van der Waals surface area contributed by atoms with Crippen molar-refractivity contribution in [1.82, 2.24) is 4.98 Å². The Morgan fingerprint density at radius 2 is 1.77 bits per heavy atom. The van der Waals surface area contributed by atoms with Gasteiger partial charge in [-0.2, -0.15) is 0 Å². The Labute approximate surface area is 92.2 Å². The molecule has 0 atom stereocenters. The number of hydrogen-bond acceptors (Lipinski definition) is 2. The van der Waals surface area contributed by atoms with Gasteiger partial charge in [0.1, 0.15) is 0 Å². The largest absolute Gasteiger partial charge is 0.431 e. The van der Waals surface area contributed by atoms with E-state index in [1.165, 1.54) is 0 Å². The van der Waals surface area contributed by atoms with Crippen molar-refractivity contribution in [2.75, 3.05) is 0 Å². The lowest BCUT2D eigenvalue weighted by molar-refractivity contribution is 0.542. The van der Waals surface area contributed by atoms with E-state index in [0.717, 1.165) is 15.8 Å². The molecule has 0 fully saturated rings. The minimum Gasteiger partial charge on any atom is -0.431 e. The van der Waals surface area contributed by atoms with Crippen molar-refractivity contribution in [2.45, 2.75) is 0 Å². The van der Waals surface area contributed by atoms with Crippen LogP contribution < -0.4 is 0 Å². The Morgan fingerprint density at radius 3 is 2.31 bits per heavy atom. The van der Waals surface area contributed by atoms with Gasteiger partial charge in [-0.1, -0.05) is 28.1 Å². The topological polar surface area (TPSA) is 26.0 Å². The second-order valence-electron chi connectivity index (χ2n) is 2.48. The number of rotatable bonds is 1. The summed E-state index contributed by atoms with van der Waals surface area (Å²) in [6, 6.07) is 7.87. The lowest BCUT2D eigenvalue weighted by Gasteiger charge is -1.94. The maximum absolute atomic E-state index is 5.30. The summed E-state index contributed by atoms with van der Waals surface area (Å²) in [6.07, 6.45) is 1.69. The average molecular weight is 303 g/mol. The van der Waals surface area contributed by atoms with Gasteiger partial charge >= 0.3 is 0 Å². The number of halogens is 2. The lowest BCUT2D eigenvalue weighted by atomic mass is 10.2. The highest BCUT2D eigenvalue weighted by Gasteiger charge is 2.02. The summed E-state index contributed by atoms with van der Waals surface area (Å²) >= 11 is 6.52. The van der Waals surface area contributed by atoms with Gasteiger partial charge in [-0.25, -0.2) is 4.98 Å². The molecule has 0 saturated carbocycles. The van der Waals surface area contributed by atoms with Crippen molar-refractivity contribution >= 4 is 31.9 Å². The second-order valence-corrected chi connectivity index (χ2v) is 4.08. The van der Waals surface area contributed by atoms with Gasteiger partial charge in [-0.3, -0.25) is 0 Å². The van der Waals surface area contributed by atoms with E-state index in [9.17, 15) is 0 Å². The van der Waals surface area contributed by atoms with Gasteiger partial charge in [0.25, 0.3) is 4.80 Å². The number of hydrogen-bond donors (Lipinski definition) is 0. The number of oxazole rings is 1. The molecule has 1 aromatic carbocycles. The summed E-state index contributed by atoms with van der Waals surface area (Å²) in [7, 11) is 0. The first-order chi connectivity index (χ1) is 6.25. The summed E-state index contributed by atoms with van der Waals surface area (Å²) in [5.41, 5.74) is 1.02. The average Bonchev–Trinajstić information content (AvgIpc) is 2.53. The first kappa shape index (κ1) is 8.97. The second kappa shape index (κ2) is 3.64. The molecule has 2 nitrogen and oxygen atoms in total. The lowest BCUT2D eigenvalue weighted by Crippen LogP contribution is -1.71. The standard InChI is InChI=1S/C9H5Br2NO/c10-7-3-1-6(2-4-7)8-5-12-9(11)13-8/h1-5H. The van der Waals surface area contributed by atoms with Crippen LogP contribution in [0.5, 0.6) is 0 Å². The van der Waals surface area contributed by atoms with Crippen LogP contribution in [-0.4, -0.2) is 4.98 Å². The van der Waals surface area contributed by atoms with E-state index >= 15 is 0 Å². The van der Waals surface area contributed by atoms with E-state index in [-0.39, 0.29) is 0 Å². The monoisotopic (exact) mass is 301 g/mol. The zero-order chi connectivity index (χ0) is 9.26. The molecule has 0 aliphatic carbocycles. The maximum atomic E-state index is 5.30. The Kier molecular flexibility index (Phi) is 2.51. The minimum absolute atomic E-state index is 0.505. The third-order valence-corrected chi connectivity index (χ3v) is 2.50. The first-order valence-corrected chi connectivity index (χ1v) is 5.21. The predicted molar refractivity (Wildman–Crippen MR) is 57.3 cm³/mol. The molecule has 1 heterocycles. The molecule has 0 aliphatic heterocycles. The Hall–Kier alpha value is -0.610. The van der Waals surface area contributed by atoms with Crippen LogP contribution in [0.25, 0.3) is 11.3 Å². The van der Waals surface area contributed by atoms with E-state index in [2.05, 4.69) is 36.8 Å². The summed E-state index contributed by atoms with van der Waals surface area (Å²) < 4.78 is 6.35. The fourth-order valence-electron chi connectivity index (χ4n) is 1.00. The normalized spacial score (nSPS) is 10.3. The van der Waals surface area contributed by atoms with Crippen LogP contribution >= 0.6 is 31.9 Å². The SMILES string of the molecule is Brc1ccc(-c2cnc(Br)o2)cc1. The summed E-state index contributed by atoms with van der Waals surface area (Å²) in [5.74, 6) is 0.763. The van der Waals surface area contributed by atoms with Gasteiger partial charge in [-0.15, -0.1) is 0 Å². The minimum atomic E-state index is 0.505. The van der Waals surface area contributed by atoms with E-state index in [4.69, 9.17) is 4.42 Å². The van der Waals surface area contributed by atoms with E-state index < -0.39 is 0 Å². The summed E-state index contributed by atoms with van der Waals surface area (Å²) in [5, 5.41) is 0. The third-order valence-electron chi connectivity index (χ3n) is 1.61. The van der Waals surface area contributed by atoms with E-state index in [1.54, 1.807) is 6.20 Å². The first-order valence-electron chi connectivity index (χ1n) is 3.63. The van der Waals surface area contributed by atoms with Crippen LogP contribution in [0.3, 0.4) is 0 Å². The Bertz CT molecular complexity index is 408. The Morgan fingerprint density at radius 1 is 1.08 bits per heavy atom. The molecule has 2 aromatic rings. The number of nitrogens with zero attached hydrogens (tertiary/aromatic N) is 1. The predicted octanol–water partition coefficient (Wildman–Crippen LogP) is 3.87. The van der Waals surface area contributed by atoms with Gasteiger partial charge in [-0.05, 0) is 12.1 Å². The molecule has 0 radical (unpaired) electrons. The Balaban J connectivity index is 2.41. The van der Waals surface area contributed by atoms with Crippen LogP contribution in [0.2, 0.25) is 0 Å².